The summed E-state index contributed by atoms with van der Waals surface area (Å²) in [6.45, 7) is 0.720. The third-order valence-electron chi connectivity index (χ3n) is 4.85. The maximum Gasteiger partial charge on any atom is 0.435 e. The Morgan fingerprint density at radius 2 is 1.93 bits per heavy atom. The number of hydrogen-bond acceptors (Lipinski definition) is 4. The number of aryl methyl sites for hydroxylation is 1. The molecule has 0 atom stereocenters. The third-order valence-corrected chi connectivity index (χ3v) is 5.39. The lowest BCUT2D eigenvalue weighted by Gasteiger charge is -2.14. The van der Waals surface area contributed by atoms with Crippen LogP contribution in [-0.2, 0) is 36.9 Å². The number of rotatable bonds is 7. The summed E-state index contributed by atoms with van der Waals surface area (Å²) in [7, 11) is 0. The first-order chi connectivity index (χ1) is 13.4. The van der Waals surface area contributed by atoms with Crippen LogP contribution >= 0.6 is 11.9 Å². The maximum atomic E-state index is 13.2. The summed E-state index contributed by atoms with van der Waals surface area (Å²) < 4.78 is 41.1. The second kappa shape index (κ2) is 9.00. The molecule has 2 aromatic rings. The number of nitrogens with one attached hydrogen (secondary N) is 1. The molecule has 3 N–H and O–H groups in total. The van der Waals surface area contributed by atoms with Crippen LogP contribution in [-0.4, -0.2) is 15.7 Å². The summed E-state index contributed by atoms with van der Waals surface area (Å²) in [5.74, 6) is -0.130. The van der Waals surface area contributed by atoms with Crippen molar-refractivity contribution in [1.29, 1.82) is 0 Å². The predicted octanol–water partition coefficient (Wildman–Crippen LogP) is 3.84. The smallest absolute Gasteiger partial charge is 0.352 e. The van der Waals surface area contributed by atoms with Gasteiger partial charge in [-0.3, -0.25) is 14.6 Å². The number of hydrogen-bond donors (Lipinski definition) is 2. The predicted molar refractivity (Wildman–Crippen MR) is 101 cm³/mol. The molecule has 152 valence electrons. The number of amides is 1. The molecule has 9 heteroatoms. The van der Waals surface area contributed by atoms with E-state index >= 15 is 0 Å². The van der Waals surface area contributed by atoms with Crippen molar-refractivity contribution in [2.24, 2.45) is 5.14 Å². The fourth-order valence-corrected chi connectivity index (χ4v) is 3.74. The SMILES string of the molecule is NSc1ccc(CNC(=O)CCCn2nc(C(F)(F)F)c3c2CCCC3)cc1. The van der Waals surface area contributed by atoms with Gasteiger partial charge in [-0.15, -0.1) is 0 Å². The molecule has 0 unspecified atom stereocenters. The van der Waals surface area contributed by atoms with Gasteiger partial charge < -0.3 is 5.32 Å². The molecule has 1 aliphatic rings. The molecule has 0 spiro atoms. The number of fused-ring (bicyclic) bond motifs is 1. The zero-order chi connectivity index (χ0) is 20.1. The van der Waals surface area contributed by atoms with E-state index in [0.717, 1.165) is 35.2 Å². The van der Waals surface area contributed by atoms with Crippen LogP contribution in [0, 0.1) is 0 Å². The first-order valence-electron chi connectivity index (χ1n) is 9.26. The van der Waals surface area contributed by atoms with Crippen molar-refractivity contribution < 1.29 is 18.0 Å². The summed E-state index contributed by atoms with van der Waals surface area (Å²) in [4.78, 5) is 13.0. The van der Waals surface area contributed by atoms with E-state index in [4.69, 9.17) is 5.14 Å². The van der Waals surface area contributed by atoms with Crippen LogP contribution in [0.3, 0.4) is 0 Å². The average molecular weight is 412 g/mol. The molecule has 3 rings (SSSR count). The quantitative estimate of drug-likeness (QED) is 0.678. The van der Waals surface area contributed by atoms with Gasteiger partial charge in [0.15, 0.2) is 5.69 Å². The van der Waals surface area contributed by atoms with Gasteiger partial charge in [0.1, 0.15) is 0 Å². The fourth-order valence-electron chi connectivity index (χ4n) is 3.45. The minimum absolute atomic E-state index is 0.130. The molecule has 5 nitrogen and oxygen atoms in total. The molecular weight excluding hydrogens is 389 g/mol. The Labute approximate surface area is 166 Å². The summed E-state index contributed by atoms with van der Waals surface area (Å²) in [6, 6.07) is 7.55. The lowest BCUT2D eigenvalue weighted by atomic mass is 9.95. The van der Waals surface area contributed by atoms with E-state index in [1.807, 2.05) is 24.3 Å². The number of carbonyl (C=O) groups excluding carboxylic acids is 1. The van der Waals surface area contributed by atoms with Crippen molar-refractivity contribution in [3.05, 3.63) is 46.8 Å². The van der Waals surface area contributed by atoms with E-state index < -0.39 is 11.9 Å². The van der Waals surface area contributed by atoms with Gasteiger partial charge in [-0.1, -0.05) is 12.1 Å². The van der Waals surface area contributed by atoms with Gasteiger partial charge >= 0.3 is 6.18 Å². The monoisotopic (exact) mass is 412 g/mol. The van der Waals surface area contributed by atoms with Crippen LogP contribution < -0.4 is 10.5 Å². The van der Waals surface area contributed by atoms with Gasteiger partial charge in [-0.25, -0.2) is 0 Å². The third kappa shape index (κ3) is 5.08. The topological polar surface area (TPSA) is 72.9 Å². The molecule has 0 radical (unpaired) electrons. The Morgan fingerprint density at radius 3 is 2.61 bits per heavy atom. The van der Waals surface area contributed by atoms with E-state index in [1.54, 1.807) is 0 Å². The number of aromatic nitrogens is 2. The maximum absolute atomic E-state index is 13.2. The largest absolute Gasteiger partial charge is 0.435 e. The minimum atomic E-state index is -4.43. The molecule has 0 bridgehead atoms. The van der Waals surface area contributed by atoms with E-state index in [-0.39, 0.29) is 12.3 Å². The zero-order valence-corrected chi connectivity index (χ0v) is 16.2. The van der Waals surface area contributed by atoms with Gasteiger partial charge in [0.25, 0.3) is 0 Å². The highest BCUT2D eigenvalue weighted by Crippen LogP contribution is 2.35. The number of nitrogens with zero attached hydrogens (tertiary/aromatic N) is 2. The highest BCUT2D eigenvalue weighted by atomic mass is 32.2. The molecule has 28 heavy (non-hydrogen) atoms. The molecule has 1 heterocycles. The molecule has 0 saturated heterocycles. The molecule has 0 saturated carbocycles. The van der Waals surface area contributed by atoms with Gasteiger partial charge in [0, 0.05) is 35.7 Å². The van der Waals surface area contributed by atoms with Crippen molar-refractivity contribution in [2.75, 3.05) is 0 Å². The molecule has 1 aliphatic carbocycles. The normalized spacial score (nSPS) is 14.0. The van der Waals surface area contributed by atoms with Crippen molar-refractivity contribution in [2.45, 2.75) is 62.7 Å². The molecule has 0 fully saturated rings. The first kappa shape index (κ1) is 20.7. The van der Waals surface area contributed by atoms with Crippen LogP contribution in [0.1, 0.15) is 48.2 Å². The van der Waals surface area contributed by atoms with Crippen molar-refractivity contribution in [3.8, 4) is 0 Å². The van der Waals surface area contributed by atoms with Crippen LogP contribution in [0.2, 0.25) is 0 Å². The Hall–Kier alpha value is -2.00. The van der Waals surface area contributed by atoms with E-state index in [2.05, 4.69) is 10.4 Å². The minimum Gasteiger partial charge on any atom is -0.352 e. The van der Waals surface area contributed by atoms with Crippen molar-refractivity contribution in [3.63, 3.8) is 0 Å². The van der Waals surface area contributed by atoms with Gasteiger partial charge in [0.2, 0.25) is 5.91 Å². The lowest BCUT2D eigenvalue weighted by Crippen LogP contribution is -2.23. The van der Waals surface area contributed by atoms with E-state index in [0.29, 0.717) is 43.6 Å². The summed E-state index contributed by atoms with van der Waals surface area (Å²) in [5.41, 5.74) is 1.21. The Balaban J connectivity index is 1.51. The van der Waals surface area contributed by atoms with E-state index in [9.17, 15) is 18.0 Å². The molecule has 1 aromatic carbocycles. The fraction of sp³-hybridized carbons (Fsp3) is 0.474. The Morgan fingerprint density at radius 1 is 1.21 bits per heavy atom. The average Bonchev–Trinajstić information content (AvgIpc) is 3.06. The first-order valence-corrected chi connectivity index (χ1v) is 10.1. The van der Waals surface area contributed by atoms with Crippen molar-refractivity contribution in [1.82, 2.24) is 15.1 Å². The van der Waals surface area contributed by atoms with Crippen LogP contribution in [0.5, 0.6) is 0 Å². The summed E-state index contributed by atoms with van der Waals surface area (Å²) in [5, 5.41) is 12.1. The number of halogens is 3. The molecular formula is C19H23F3N4OS. The van der Waals surface area contributed by atoms with Crippen LogP contribution in [0.15, 0.2) is 29.2 Å². The van der Waals surface area contributed by atoms with Gasteiger partial charge in [0.05, 0.1) is 0 Å². The van der Waals surface area contributed by atoms with Gasteiger partial charge in [-0.2, -0.15) is 18.3 Å². The number of alkyl halides is 3. The summed E-state index contributed by atoms with van der Waals surface area (Å²) >= 11 is 1.16. The Bertz CT molecular complexity index is 818. The Kier molecular flexibility index (Phi) is 6.66. The molecule has 0 aliphatic heterocycles. The van der Waals surface area contributed by atoms with Crippen LogP contribution in [0.4, 0.5) is 13.2 Å². The van der Waals surface area contributed by atoms with Crippen molar-refractivity contribution >= 4 is 17.9 Å². The molecule has 1 amide bonds. The standard InChI is InChI=1S/C19H23F3N4OS/c20-19(21,22)18-15-4-1-2-5-16(15)26(25-18)11-3-6-17(27)24-12-13-7-9-14(28-23)10-8-13/h7-10H,1-6,11-12,23H2,(H,24,27). The van der Waals surface area contributed by atoms with Crippen LogP contribution in [0.25, 0.3) is 0 Å². The highest BCUT2D eigenvalue weighted by molar-refractivity contribution is 7.97. The number of carbonyl (C=O) groups is 1. The molecule has 1 aromatic heterocycles. The number of benzene rings is 1. The highest BCUT2D eigenvalue weighted by Gasteiger charge is 2.39. The summed E-state index contributed by atoms with van der Waals surface area (Å²) in [6.07, 6.45) is -1.07. The lowest BCUT2D eigenvalue weighted by molar-refractivity contribution is -0.142. The van der Waals surface area contributed by atoms with Gasteiger partial charge in [-0.05, 0) is 61.7 Å². The van der Waals surface area contributed by atoms with E-state index in [1.165, 1.54) is 4.68 Å². The number of nitrogens with two attached hydrogens (primary N) is 1. The second-order valence-corrected chi connectivity index (χ2v) is 7.55. The second-order valence-electron chi connectivity index (χ2n) is 6.84. The zero-order valence-electron chi connectivity index (χ0n) is 15.4.